The summed E-state index contributed by atoms with van der Waals surface area (Å²) in [6.07, 6.45) is 5.18. The Morgan fingerprint density at radius 2 is 1.79 bits per heavy atom. The third-order valence-corrected chi connectivity index (χ3v) is 4.78. The van der Waals surface area contributed by atoms with Gasteiger partial charge in [-0.25, -0.2) is 24.3 Å². The summed E-state index contributed by atoms with van der Waals surface area (Å²) in [5.41, 5.74) is 0.947. The molecule has 0 radical (unpaired) electrons. The zero-order valence-corrected chi connectivity index (χ0v) is 16.1. The quantitative estimate of drug-likeness (QED) is 0.655. The second kappa shape index (κ2) is 7.42. The van der Waals surface area contributed by atoms with E-state index in [-0.39, 0.29) is 23.3 Å². The van der Waals surface area contributed by atoms with Crippen LogP contribution in [0.4, 0.5) is 10.2 Å². The van der Waals surface area contributed by atoms with Crippen molar-refractivity contribution in [3.8, 4) is 23.1 Å². The number of ether oxygens (including phenoxy) is 2. The number of hydrogen-bond donors (Lipinski definition) is 0. The van der Waals surface area contributed by atoms with Crippen molar-refractivity contribution in [3.63, 3.8) is 0 Å². The number of amides is 1. The maximum atomic E-state index is 14.3. The maximum absolute atomic E-state index is 14.3. The summed E-state index contributed by atoms with van der Waals surface area (Å²) in [6, 6.07) is 4.04. The molecule has 0 saturated carbocycles. The molecule has 0 aliphatic carbocycles. The Kier molecular flexibility index (Phi) is 4.79. The van der Waals surface area contributed by atoms with Crippen molar-refractivity contribution in [2.75, 3.05) is 19.1 Å². The van der Waals surface area contributed by atoms with Gasteiger partial charge < -0.3 is 9.47 Å². The molecule has 148 valence electrons. The van der Waals surface area contributed by atoms with Gasteiger partial charge in [0.15, 0.2) is 34.8 Å². The minimum atomic E-state index is -0.521. The van der Waals surface area contributed by atoms with Gasteiger partial charge in [-0.2, -0.15) is 0 Å². The van der Waals surface area contributed by atoms with Crippen LogP contribution < -0.4 is 14.4 Å². The van der Waals surface area contributed by atoms with Crippen molar-refractivity contribution in [2.45, 2.75) is 19.4 Å². The van der Waals surface area contributed by atoms with Crippen molar-refractivity contribution >= 4 is 11.7 Å². The molecule has 0 spiro atoms. The van der Waals surface area contributed by atoms with Crippen LogP contribution in [0.3, 0.4) is 0 Å². The number of anilines is 1. The third-order valence-electron chi connectivity index (χ3n) is 4.78. The number of rotatable bonds is 5. The fraction of sp³-hybridized carbons (Fsp3) is 0.250. The van der Waals surface area contributed by atoms with Crippen LogP contribution in [0, 0.1) is 5.82 Å². The van der Waals surface area contributed by atoms with Gasteiger partial charge in [0.1, 0.15) is 0 Å². The molecule has 0 saturated heterocycles. The van der Waals surface area contributed by atoms with Crippen LogP contribution in [0.1, 0.15) is 35.3 Å². The molecule has 1 aromatic carbocycles. The summed E-state index contributed by atoms with van der Waals surface area (Å²) in [4.78, 5) is 31.8. The first kappa shape index (κ1) is 18.7. The van der Waals surface area contributed by atoms with Crippen LogP contribution in [-0.2, 0) is 0 Å². The first-order valence-electron chi connectivity index (χ1n) is 8.98. The normalized spacial score (nSPS) is 15.4. The fourth-order valence-corrected chi connectivity index (χ4v) is 3.44. The fourth-order valence-electron chi connectivity index (χ4n) is 3.44. The van der Waals surface area contributed by atoms with Gasteiger partial charge in [0.2, 0.25) is 0 Å². The number of halogens is 1. The van der Waals surface area contributed by atoms with Crippen molar-refractivity contribution in [1.82, 2.24) is 19.9 Å². The van der Waals surface area contributed by atoms with Crippen molar-refractivity contribution < 1.29 is 18.7 Å². The second-order valence-electron chi connectivity index (χ2n) is 6.33. The Labute approximate surface area is 166 Å². The molecular weight excluding hydrogens is 377 g/mol. The molecular formula is C20H18FN5O3. The molecule has 0 fully saturated rings. The van der Waals surface area contributed by atoms with E-state index >= 15 is 0 Å². The van der Waals surface area contributed by atoms with E-state index in [0.717, 1.165) is 0 Å². The first-order valence-corrected chi connectivity index (χ1v) is 8.98. The topological polar surface area (TPSA) is 90.3 Å². The Morgan fingerprint density at radius 3 is 2.45 bits per heavy atom. The largest absolute Gasteiger partial charge is 0.494 e. The van der Waals surface area contributed by atoms with Gasteiger partial charge in [-0.05, 0) is 30.2 Å². The minimum absolute atomic E-state index is 0.0156. The number of carbonyl (C=O) groups excluding carboxylic acids is 1. The number of aromatic nitrogens is 4. The van der Waals surface area contributed by atoms with Crippen LogP contribution in [0.15, 0.2) is 36.8 Å². The van der Waals surface area contributed by atoms with E-state index in [2.05, 4.69) is 19.9 Å². The summed E-state index contributed by atoms with van der Waals surface area (Å²) in [7, 11) is 2.83. The van der Waals surface area contributed by atoms with Gasteiger partial charge in [0.05, 0.1) is 26.5 Å². The van der Waals surface area contributed by atoms with Gasteiger partial charge in [0.25, 0.3) is 5.91 Å². The van der Waals surface area contributed by atoms with Crippen molar-refractivity contribution in [3.05, 3.63) is 53.7 Å². The molecule has 1 amide bonds. The summed E-state index contributed by atoms with van der Waals surface area (Å²) < 4.78 is 24.8. The molecule has 0 bridgehead atoms. The summed E-state index contributed by atoms with van der Waals surface area (Å²) >= 11 is 0. The lowest BCUT2D eigenvalue weighted by molar-refractivity contribution is 0.0989. The van der Waals surface area contributed by atoms with E-state index < -0.39 is 11.9 Å². The van der Waals surface area contributed by atoms with Crippen molar-refractivity contribution in [2.24, 2.45) is 0 Å². The molecule has 1 unspecified atom stereocenters. The third kappa shape index (κ3) is 3.04. The monoisotopic (exact) mass is 395 g/mol. The van der Waals surface area contributed by atoms with Gasteiger partial charge in [-0.15, -0.1) is 0 Å². The number of methoxy groups -OCH3 is 2. The van der Waals surface area contributed by atoms with Crippen LogP contribution >= 0.6 is 0 Å². The van der Waals surface area contributed by atoms with Crippen molar-refractivity contribution in [1.29, 1.82) is 0 Å². The highest BCUT2D eigenvalue weighted by Gasteiger charge is 2.40. The summed E-state index contributed by atoms with van der Waals surface area (Å²) in [5, 5.41) is 0. The van der Waals surface area contributed by atoms with Crippen LogP contribution in [-0.4, -0.2) is 40.1 Å². The zero-order chi connectivity index (χ0) is 20.5. The van der Waals surface area contributed by atoms with E-state index in [1.807, 2.05) is 6.92 Å². The number of nitrogens with zero attached hydrogens (tertiary/aromatic N) is 5. The second-order valence-corrected chi connectivity index (χ2v) is 6.33. The minimum Gasteiger partial charge on any atom is -0.494 e. The van der Waals surface area contributed by atoms with Gasteiger partial charge in [-0.3, -0.25) is 9.69 Å². The molecule has 3 heterocycles. The highest BCUT2D eigenvalue weighted by Crippen LogP contribution is 2.43. The first-order chi connectivity index (χ1) is 14.1. The molecule has 3 aromatic rings. The van der Waals surface area contributed by atoms with E-state index in [9.17, 15) is 9.18 Å². The predicted molar refractivity (Wildman–Crippen MR) is 102 cm³/mol. The Bertz CT molecular complexity index is 1080. The van der Waals surface area contributed by atoms with Gasteiger partial charge >= 0.3 is 0 Å². The molecule has 1 aliphatic heterocycles. The summed E-state index contributed by atoms with van der Waals surface area (Å²) in [5.74, 6) is 0.343. The molecule has 4 rings (SSSR count). The van der Waals surface area contributed by atoms with Crippen LogP contribution in [0.2, 0.25) is 0 Å². The zero-order valence-electron chi connectivity index (χ0n) is 16.1. The number of carbonyl (C=O) groups is 1. The van der Waals surface area contributed by atoms with E-state index in [1.165, 1.54) is 37.4 Å². The predicted octanol–water partition coefficient (Wildman–Crippen LogP) is 3.20. The Morgan fingerprint density at radius 1 is 1.07 bits per heavy atom. The SMILES string of the molecule is CCC1c2cc(F)c(OC)cc2C(=O)N1c1nc(-c2ncccn2)ncc1OC. The Balaban J connectivity index is 1.86. The smallest absolute Gasteiger partial charge is 0.260 e. The average molecular weight is 395 g/mol. The lowest BCUT2D eigenvalue weighted by Gasteiger charge is -2.25. The van der Waals surface area contributed by atoms with Gasteiger partial charge in [0, 0.05) is 18.0 Å². The molecule has 0 N–H and O–H groups in total. The number of benzene rings is 1. The summed E-state index contributed by atoms with van der Waals surface area (Å²) in [6.45, 7) is 1.91. The molecule has 1 aliphatic rings. The molecule has 9 heteroatoms. The lowest BCUT2D eigenvalue weighted by Crippen LogP contribution is -2.29. The highest BCUT2D eigenvalue weighted by atomic mass is 19.1. The van der Waals surface area contributed by atoms with E-state index in [4.69, 9.17) is 9.47 Å². The maximum Gasteiger partial charge on any atom is 0.260 e. The standard InChI is InChI=1S/C20H18FN5O3/c1-4-14-11-8-13(21)15(28-2)9-12(11)20(27)26(14)19-16(29-3)10-24-18(25-19)17-22-6-5-7-23-17/h5-10,14H,4H2,1-3H3. The molecule has 29 heavy (non-hydrogen) atoms. The van der Waals surface area contributed by atoms with Gasteiger partial charge in [-0.1, -0.05) is 6.92 Å². The molecule has 2 aromatic heterocycles. The molecule has 1 atom stereocenters. The Hall–Kier alpha value is -3.62. The lowest BCUT2D eigenvalue weighted by atomic mass is 10.0. The van der Waals surface area contributed by atoms with Crippen LogP contribution in [0.25, 0.3) is 11.6 Å². The van der Waals surface area contributed by atoms with Crippen LogP contribution in [0.5, 0.6) is 11.5 Å². The molecule has 8 nitrogen and oxygen atoms in total. The van der Waals surface area contributed by atoms with E-state index in [0.29, 0.717) is 29.1 Å². The highest BCUT2D eigenvalue weighted by molar-refractivity contribution is 6.11. The average Bonchev–Trinajstić information content (AvgIpc) is 3.03. The number of fused-ring (bicyclic) bond motifs is 1. The van der Waals surface area contributed by atoms with E-state index in [1.54, 1.807) is 18.5 Å². The number of hydrogen-bond acceptors (Lipinski definition) is 7.